The number of fused-ring (bicyclic) bond motifs is 1. The molecule has 19 heavy (non-hydrogen) atoms. The van der Waals surface area contributed by atoms with Gasteiger partial charge in [0.05, 0.1) is 4.90 Å². The Kier molecular flexibility index (Phi) is 2.88. The highest BCUT2D eigenvalue weighted by Crippen LogP contribution is 2.27. The highest BCUT2D eigenvalue weighted by molar-refractivity contribution is 7.99. The zero-order valence-corrected chi connectivity index (χ0v) is 10.4. The number of pyridine rings is 2. The van der Waals surface area contributed by atoms with Crippen LogP contribution >= 0.6 is 11.8 Å². The molecule has 0 aliphatic heterocycles. The molecule has 3 aromatic rings. The SMILES string of the molecule is O=[N+]([O-])c1cnc2ccc(Sc3ccccn3)cn12. The molecule has 0 spiro atoms. The van der Waals surface area contributed by atoms with E-state index in [0.717, 1.165) is 9.92 Å². The predicted octanol–water partition coefficient (Wildman–Crippen LogP) is 2.79. The van der Waals surface area contributed by atoms with Crippen molar-refractivity contribution in [1.29, 1.82) is 0 Å². The van der Waals surface area contributed by atoms with E-state index in [2.05, 4.69) is 9.97 Å². The highest BCUT2D eigenvalue weighted by Gasteiger charge is 2.14. The van der Waals surface area contributed by atoms with Crippen LogP contribution in [0.4, 0.5) is 5.82 Å². The van der Waals surface area contributed by atoms with Gasteiger partial charge < -0.3 is 10.1 Å². The van der Waals surface area contributed by atoms with Gasteiger partial charge in [-0.15, -0.1) is 0 Å². The molecule has 0 unspecified atom stereocenters. The maximum atomic E-state index is 10.9. The molecule has 6 nitrogen and oxygen atoms in total. The molecule has 0 saturated heterocycles. The second-order valence-corrected chi connectivity index (χ2v) is 4.83. The van der Waals surface area contributed by atoms with Crippen molar-refractivity contribution in [3.8, 4) is 0 Å². The molecule has 94 valence electrons. The average molecular weight is 272 g/mol. The molecule has 0 atom stereocenters. The minimum atomic E-state index is -0.449. The summed E-state index contributed by atoms with van der Waals surface area (Å²) >= 11 is 1.44. The monoisotopic (exact) mass is 272 g/mol. The van der Waals surface area contributed by atoms with Crippen LogP contribution in [0.2, 0.25) is 0 Å². The molecule has 0 bridgehead atoms. The number of imidazole rings is 1. The number of hydrogen-bond acceptors (Lipinski definition) is 5. The van der Waals surface area contributed by atoms with Crippen molar-refractivity contribution < 1.29 is 4.92 Å². The Hall–Kier alpha value is -2.41. The Labute approximate surface area is 112 Å². The summed E-state index contributed by atoms with van der Waals surface area (Å²) in [6.07, 6.45) is 4.66. The summed E-state index contributed by atoms with van der Waals surface area (Å²) in [6.45, 7) is 0. The first-order chi connectivity index (χ1) is 9.24. The zero-order chi connectivity index (χ0) is 13.2. The Balaban J connectivity index is 2.01. The van der Waals surface area contributed by atoms with Crippen molar-refractivity contribution in [3.05, 3.63) is 59.0 Å². The smallest absolute Gasteiger partial charge is 0.347 e. The summed E-state index contributed by atoms with van der Waals surface area (Å²) in [5.74, 6) is -0.0431. The summed E-state index contributed by atoms with van der Waals surface area (Å²) in [5.41, 5.74) is 0.553. The molecule has 0 aromatic carbocycles. The van der Waals surface area contributed by atoms with Gasteiger partial charge in [-0.1, -0.05) is 17.8 Å². The number of rotatable bonds is 3. The molecular weight excluding hydrogens is 264 g/mol. The van der Waals surface area contributed by atoms with E-state index in [0.29, 0.717) is 5.65 Å². The van der Waals surface area contributed by atoms with Gasteiger partial charge in [-0.05, 0) is 23.1 Å². The third-order valence-electron chi connectivity index (χ3n) is 2.51. The van der Waals surface area contributed by atoms with Crippen LogP contribution in [0, 0.1) is 10.1 Å². The molecule has 3 rings (SSSR count). The van der Waals surface area contributed by atoms with Crippen molar-refractivity contribution in [3.63, 3.8) is 0 Å². The van der Waals surface area contributed by atoms with Crippen LogP contribution in [0.15, 0.2) is 58.8 Å². The summed E-state index contributed by atoms with van der Waals surface area (Å²) < 4.78 is 1.46. The normalized spacial score (nSPS) is 10.7. The lowest BCUT2D eigenvalue weighted by atomic mass is 10.5. The van der Waals surface area contributed by atoms with Crippen LogP contribution in [-0.2, 0) is 0 Å². The van der Waals surface area contributed by atoms with E-state index in [1.54, 1.807) is 18.5 Å². The van der Waals surface area contributed by atoms with Crippen molar-refractivity contribution in [2.45, 2.75) is 9.92 Å². The largest absolute Gasteiger partial charge is 0.358 e. The van der Waals surface area contributed by atoms with Gasteiger partial charge in [-0.25, -0.2) is 9.97 Å². The standard InChI is InChI=1S/C12H8N4O2S/c17-16(18)12-7-14-10-5-4-9(8-15(10)12)19-11-3-1-2-6-13-11/h1-8H. The summed E-state index contributed by atoms with van der Waals surface area (Å²) in [4.78, 5) is 19.5. The van der Waals surface area contributed by atoms with Gasteiger partial charge >= 0.3 is 5.82 Å². The summed E-state index contributed by atoms with van der Waals surface area (Å²) in [6, 6.07) is 9.24. The molecule has 0 N–H and O–H groups in total. The minimum Gasteiger partial charge on any atom is -0.358 e. The van der Waals surface area contributed by atoms with Crippen molar-refractivity contribution in [2.75, 3.05) is 0 Å². The maximum Gasteiger partial charge on any atom is 0.347 e. The molecule has 0 aliphatic carbocycles. The molecule has 3 aromatic heterocycles. The quantitative estimate of drug-likeness (QED) is 0.541. The minimum absolute atomic E-state index is 0.0431. The van der Waals surface area contributed by atoms with E-state index < -0.39 is 4.92 Å². The average Bonchev–Trinajstić information content (AvgIpc) is 2.83. The van der Waals surface area contributed by atoms with Crippen LogP contribution in [0.1, 0.15) is 0 Å². The highest BCUT2D eigenvalue weighted by atomic mass is 32.2. The third-order valence-corrected chi connectivity index (χ3v) is 3.43. The van der Waals surface area contributed by atoms with Gasteiger partial charge in [0.15, 0.2) is 0 Å². The first-order valence-corrected chi connectivity index (χ1v) is 6.26. The third kappa shape index (κ3) is 2.27. The fourth-order valence-electron chi connectivity index (χ4n) is 1.67. The Morgan fingerprint density at radius 3 is 2.84 bits per heavy atom. The van der Waals surface area contributed by atoms with E-state index in [1.165, 1.54) is 22.4 Å². The Bertz CT molecular complexity index is 742. The molecule has 0 radical (unpaired) electrons. The van der Waals surface area contributed by atoms with Crippen LogP contribution in [0.3, 0.4) is 0 Å². The predicted molar refractivity (Wildman–Crippen MR) is 70.2 cm³/mol. The van der Waals surface area contributed by atoms with Gasteiger partial charge in [0.1, 0.15) is 17.4 Å². The molecule has 7 heteroatoms. The maximum absolute atomic E-state index is 10.9. The van der Waals surface area contributed by atoms with Gasteiger partial charge in [0, 0.05) is 12.3 Å². The summed E-state index contributed by atoms with van der Waals surface area (Å²) in [5, 5.41) is 11.7. The van der Waals surface area contributed by atoms with Crippen LogP contribution in [-0.4, -0.2) is 19.3 Å². The fourth-order valence-corrected chi connectivity index (χ4v) is 2.47. The van der Waals surface area contributed by atoms with E-state index in [-0.39, 0.29) is 5.82 Å². The van der Waals surface area contributed by atoms with E-state index >= 15 is 0 Å². The number of hydrogen-bond donors (Lipinski definition) is 0. The lowest BCUT2D eigenvalue weighted by Crippen LogP contribution is -1.94. The second kappa shape index (κ2) is 4.69. The summed E-state index contributed by atoms with van der Waals surface area (Å²) in [7, 11) is 0. The first kappa shape index (κ1) is 11.7. The Morgan fingerprint density at radius 2 is 2.11 bits per heavy atom. The number of nitrogens with zero attached hydrogens (tertiary/aromatic N) is 4. The fraction of sp³-hybridized carbons (Fsp3) is 0. The van der Waals surface area contributed by atoms with Crippen molar-refractivity contribution in [1.82, 2.24) is 14.4 Å². The molecular formula is C12H8N4O2S. The zero-order valence-electron chi connectivity index (χ0n) is 9.63. The van der Waals surface area contributed by atoms with Gasteiger partial charge in [-0.2, -0.15) is 4.40 Å². The molecule has 0 aliphatic rings. The number of nitro groups is 1. The Morgan fingerprint density at radius 1 is 1.21 bits per heavy atom. The van der Waals surface area contributed by atoms with Gasteiger partial charge in [-0.3, -0.25) is 0 Å². The van der Waals surface area contributed by atoms with Crippen LogP contribution < -0.4 is 0 Å². The van der Waals surface area contributed by atoms with Crippen molar-refractivity contribution in [2.24, 2.45) is 0 Å². The lowest BCUT2D eigenvalue weighted by Gasteiger charge is -1.99. The number of aromatic nitrogens is 3. The van der Waals surface area contributed by atoms with Gasteiger partial charge in [0.2, 0.25) is 5.65 Å². The van der Waals surface area contributed by atoms with Crippen molar-refractivity contribution >= 4 is 23.2 Å². The van der Waals surface area contributed by atoms with Gasteiger partial charge in [0.25, 0.3) is 0 Å². The molecule has 0 amide bonds. The first-order valence-electron chi connectivity index (χ1n) is 5.44. The molecule has 0 fully saturated rings. The van der Waals surface area contributed by atoms with E-state index in [9.17, 15) is 10.1 Å². The van der Waals surface area contributed by atoms with E-state index in [4.69, 9.17) is 0 Å². The molecule has 3 heterocycles. The molecule has 0 saturated carbocycles. The van der Waals surface area contributed by atoms with Crippen LogP contribution in [0.25, 0.3) is 5.65 Å². The topological polar surface area (TPSA) is 73.3 Å². The van der Waals surface area contributed by atoms with E-state index in [1.807, 2.05) is 24.3 Å². The van der Waals surface area contributed by atoms with Crippen LogP contribution in [0.5, 0.6) is 0 Å². The lowest BCUT2D eigenvalue weighted by molar-refractivity contribution is -0.390. The second-order valence-electron chi connectivity index (χ2n) is 3.74.